The Kier molecular flexibility index (Phi) is 9.88. The first-order chi connectivity index (χ1) is 16.7. The number of amides is 2. The second-order valence-corrected chi connectivity index (χ2v) is 10.1. The molecule has 0 radical (unpaired) electrons. The van der Waals surface area contributed by atoms with Crippen LogP contribution in [0.3, 0.4) is 0 Å². The molecule has 0 spiro atoms. The molecule has 3 aromatic rings. The highest BCUT2D eigenvalue weighted by Gasteiger charge is 2.31. The summed E-state index contributed by atoms with van der Waals surface area (Å²) in [5.41, 5.74) is 2.19. The molecule has 0 bridgehead atoms. The van der Waals surface area contributed by atoms with Gasteiger partial charge in [0.15, 0.2) is 0 Å². The second kappa shape index (κ2) is 12.6. The highest BCUT2D eigenvalue weighted by Crippen LogP contribution is 2.28. The van der Waals surface area contributed by atoms with Gasteiger partial charge in [0.25, 0.3) is 0 Å². The van der Waals surface area contributed by atoms with E-state index in [1.165, 1.54) is 0 Å². The standard InChI is InChI=1S/C27H26Cl4N2O2/c1-17(2)32-27(35)25(14-18-7-4-3-5-8-18)33(16-20-21(28)9-6-10-22(20)29)26(34)15-19-11-12-23(30)24(31)13-19/h3-13,17,25H,14-16H2,1-2H3,(H,32,35)/t25-/m0/s1. The number of rotatable bonds is 9. The molecule has 2 amide bonds. The molecule has 3 aromatic carbocycles. The molecular formula is C27H26Cl4N2O2. The van der Waals surface area contributed by atoms with Crippen LogP contribution >= 0.6 is 46.4 Å². The third kappa shape index (κ3) is 7.62. The first-order valence-electron chi connectivity index (χ1n) is 11.2. The maximum Gasteiger partial charge on any atom is 0.243 e. The summed E-state index contributed by atoms with van der Waals surface area (Å²) >= 11 is 25.1. The Hall–Kier alpha value is -2.24. The van der Waals surface area contributed by atoms with E-state index in [0.717, 1.165) is 5.56 Å². The van der Waals surface area contributed by atoms with Gasteiger partial charge in [0.2, 0.25) is 11.8 Å². The Balaban J connectivity index is 2.03. The van der Waals surface area contributed by atoms with Crippen molar-refractivity contribution in [1.82, 2.24) is 10.2 Å². The zero-order valence-electron chi connectivity index (χ0n) is 19.4. The van der Waals surface area contributed by atoms with E-state index in [1.807, 2.05) is 44.2 Å². The van der Waals surface area contributed by atoms with Crippen molar-refractivity contribution in [2.75, 3.05) is 0 Å². The van der Waals surface area contributed by atoms with E-state index < -0.39 is 6.04 Å². The predicted molar refractivity (Wildman–Crippen MR) is 144 cm³/mol. The lowest BCUT2D eigenvalue weighted by Crippen LogP contribution is -2.52. The first-order valence-corrected chi connectivity index (χ1v) is 12.7. The molecule has 0 heterocycles. The molecule has 8 heteroatoms. The van der Waals surface area contributed by atoms with Crippen LogP contribution in [0.1, 0.15) is 30.5 Å². The van der Waals surface area contributed by atoms with E-state index in [9.17, 15) is 9.59 Å². The summed E-state index contributed by atoms with van der Waals surface area (Å²) in [6.45, 7) is 3.83. The number of nitrogens with zero attached hydrogens (tertiary/aromatic N) is 1. The first kappa shape index (κ1) is 27.3. The van der Waals surface area contributed by atoms with Gasteiger partial charge in [-0.25, -0.2) is 0 Å². The van der Waals surface area contributed by atoms with Crippen LogP contribution in [0.2, 0.25) is 20.1 Å². The third-order valence-corrected chi connectivity index (χ3v) is 6.88. The normalized spacial score (nSPS) is 11.9. The van der Waals surface area contributed by atoms with E-state index in [2.05, 4.69) is 5.32 Å². The molecule has 0 saturated heterocycles. The van der Waals surface area contributed by atoms with Crippen molar-refractivity contribution in [3.63, 3.8) is 0 Å². The van der Waals surface area contributed by atoms with Crippen LogP contribution in [0.5, 0.6) is 0 Å². The lowest BCUT2D eigenvalue weighted by molar-refractivity contribution is -0.141. The average Bonchev–Trinajstić information content (AvgIpc) is 2.80. The summed E-state index contributed by atoms with van der Waals surface area (Å²) in [6.07, 6.45) is 0.355. The molecule has 0 fully saturated rings. The van der Waals surface area contributed by atoms with Gasteiger partial charge in [0, 0.05) is 34.6 Å². The molecule has 0 aliphatic rings. The molecule has 0 aliphatic carbocycles. The van der Waals surface area contributed by atoms with Crippen molar-refractivity contribution in [3.8, 4) is 0 Å². The highest BCUT2D eigenvalue weighted by molar-refractivity contribution is 6.42. The monoisotopic (exact) mass is 550 g/mol. The maximum absolute atomic E-state index is 13.7. The van der Waals surface area contributed by atoms with Crippen molar-refractivity contribution in [2.45, 2.75) is 45.3 Å². The molecule has 35 heavy (non-hydrogen) atoms. The van der Waals surface area contributed by atoms with Crippen LogP contribution in [0, 0.1) is 0 Å². The van der Waals surface area contributed by atoms with Crippen LogP contribution in [0.4, 0.5) is 0 Å². The summed E-state index contributed by atoms with van der Waals surface area (Å²) < 4.78 is 0. The fourth-order valence-electron chi connectivity index (χ4n) is 3.71. The molecule has 184 valence electrons. The predicted octanol–water partition coefficient (Wildman–Crippen LogP) is 7.01. The Labute approximate surface area is 226 Å². The van der Waals surface area contributed by atoms with E-state index in [-0.39, 0.29) is 30.8 Å². The highest BCUT2D eigenvalue weighted by atomic mass is 35.5. The molecule has 0 aromatic heterocycles. The lowest BCUT2D eigenvalue weighted by atomic mass is 10.0. The molecule has 0 aliphatic heterocycles. The van der Waals surface area contributed by atoms with Crippen molar-refractivity contribution in [1.29, 1.82) is 0 Å². The van der Waals surface area contributed by atoms with E-state index >= 15 is 0 Å². The minimum Gasteiger partial charge on any atom is -0.352 e. The molecule has 1 N–H and O–H groups in total. The van der Waals surface area contributed by atoms with Gasteiger partial charge in [0.1, 0.15) is 6.04 Å². The average molecular weight is 552 g/mol. The Morgan fingerprint density at radius 2 is 1.46 bits per heavy atom. The van der Waals surface area contributed by atoms with Crippen molar-refractivity contribution in [3.05, 3.63) is 104 Å². The number of halogens is 4. The minimum absolute atomic E-state index is 0.0270. The van der Waals surface area contributed by atoms with Gasteiger partial charge in [-0.3, -0.25) is 9.59 Å². The van der Waals surface area contributed by atoms with Crippen molar-refractivity contribution in [2.24, 2.45) is 0 Å². The number of nitrogens with one attached hydrogen (secondary N) is 1. The maximum atomic E-state index is 13.7. The molecule has 1 atom stereocenters. The molecule has 0 saturated carbocycles. The SMILES string of the molecule is CC(C)NC(=O)[C@H](Cc1ccccc1)N(Cc1c(Cl)cccc1Cl)C(=O)Cc1ccc(Cl)c(Cl)c1. The molecule has 4 nitrogen and oxygen atoms in total. The van der Waals surface area contributed by atoms with Crippen LogP contribution in [0.25, 0.3) is 0 Å². The van der Waals surface area contributed by atoms with Crippen LogP contribution < -0.4 is 5.32 Å². The fourth-order valence-corrected chi connectivity index (χ4v) is 4.55. The van der Waals surface area contributed by atoms with E-state index in [1.54, 1.807) is 41.3 Å². The summed E-state index contributed by atoms with van der Waals surface area (Å²) in [5, 5.41) is 4.56. The summed E-state index contributed by atoms with van der Waals surface area (Å²) in [6, 6.07) is 18.9. The van der Waals surface area contributed by atoms with E-state index in [4.69, 9.17) is 46.4 Å². The Morgan fingerprint density at radius 3 is 2.06 bits per heavy atom. The number of carbonyl (C=O) groups excluding carboxylic acids is 2. The minimum atomic E-state index is -0.789. The van der Waals surface area contributed by atoms with Gasteiger partial charge in [-0.2, -0.15) is 0 Å². The third-order valence-electron chi connectivity index (χ3n) is 5.43. The zero-order valence-corrected chi connectivity index (χ0v) is 22.4. The summed E-state index contributed by atoms with van der Waals surface area (Å²) in [4.78, 5) is 28.7. The number of carbonyl (C=O) groups is 2. The van der Waals surface area contributed by atoms with Gasteiger partial charge in [-0.15, -0.1) is 0 Å². The second-order valence-electron chi connectivity index (χ2n) is 8.52. The largest absolute Gasteiger partial charge is 0.352 e. The molecule has 3 rings (SSSR count). The van der Waals surface area contributed by atoms with Gasteiger partial charge >= 0.3 is 0 Å². The Bertz CT molecular complexity index is 1160. The van der Waals surface area contributed by atoms with Crippen LogP contribution in [-0.2, 0) is 29.0 Å². The molecule has 0 unspecified atom stereocenters. The molecular weight excluding hydrogens is 526 g/mol. The van der Waals surface area contributed by atoms with E-state index in [0.29, 0.717) is 37.6 Å². The van der Waals surface area contributed by atoms with Gasteiger partial charge in [-0.05, 0) is 49.2 Å². The smallest absolute Gasteiger partial charge is 0.243 e. The van der Waals surface area contributed by atoms with Crippen LogP contribution in [-0.4, -0.2) is 28.8 Å². The van der Waals surface area contributed by atoms with Crippen molar-refractivity contribution < 1.29 is 9.59 Å². The Morgan fingerprint density at radius 1 is 0.800 bits per heavy atom. The van der Waals surface area contributed by atoms with Gasteiger partial charge in [0.05, 0.1) is 16.5 Å². The van der Waals surface area contributed by atoms with Gasteiger partial charge in [-0.1, -0.05) is 88.9 Å². The summed E-state index contributed by atoms with van der Waals surface area (Å²) in [5.74, 6) is -0.520. The van der Waals surface area contributed by atoms with Gasteiger partial charge < -0.3 is 10.2 Å². The fraction of sp³-hybridized carbons (Fsp3) is 0.259. The number of benzene rings is 3. The van der Waals surface area contributed by atoms with Crippen molar-refractivity contribution >= 4 is 58.2 Å². The number of hydrogen-bond acceptors (Lipinski definition) is 2. The lowest BCUT2D eigenvalue weighted by Gasteiger charge is -2.32. The van der Waals surface area contributed by atoms with Crippen LogP contribution in [0.15, 0.2) is 66.7 Å². The zero-order chi connectivity index (χ0) is 25.5. The topological polar surface area (TPSA) is 49.4 Å². The quantitative estimate of drug-likeness (QED) is 0.311. The summed E-state index contributed by atoms with van der Waals surface area (Å²) in [7, 11) is 0. The number of hydrogen-bond donors (Lipinski definition) is 1.